The molecule has 4 aliphatic carbocycles. The Hall–Kier alpha value is -0.290. The third-order valence-corrected chi connectivity index (χ3v) is 11.8. The van der Waals surface area contributed by atoms with Gasteiger partial charge in [-0.15, -0.1) is 0 Å². The van der Waals surface area contributed by atoms with Gasteiger partial charge in [-0.3, -0.25) is 4.55 Å². The lowest BCUT2D eigenvalue weighted by Crippen LogP contribution is -2.68. The summed E-state index contributed by atoms with van der Waals surface area (Å²) in [7, 11) is -4.53. The van der Waals surface area contributed by atoms with E-state index in [0.29, 0.717) is 32.1 Å². The normalized spacial score (nSPS) is 48.7. The van der Waals surface area contributed by atoms with E-state index >= 15 is 0 Å². The summed E-state index contributed by atoms with van der Waals surface area (Å²) in [4.78, 5) is 0. The summed E-state index contributed by atoms with van der Waals surface area (Å²) >= 11 is 0. The Balaban J connectivity index is 1.55. The Labute approximate surface area is 216 Å². The first-order valence-electron chi connectivity index (χ1n) is 13.9. The Kier molecular flexibility index (Phi) is 7.75. The second-order valence-electron chi connectivity index (χ2n) is 13.6. The Morgan fingerprint density at radius 3 is 2.19 bits per heavy atom. The van der Waals surface area contributed by atoms with Gasteiger partial charge in [-0.05, 0) is 91.8 Å². The number of hydrogen-bond acceptors (Lipinski definition) is 7. The SMILES string of the molecule is CC(C)[C@H](CC[C@@H](C)[C@H]1CC(O)C2[C@]3(O)C[C@H](O)C4C[C@@H](O)CC[C@]4(C)C3CC[C@@]21C)OS(=O)(=O)O. The highest BCUT2D eigenvalue weighted by Gasteiger charge is 2.70. The quantitative estimate of drug-likeness (QED) is 0.314. The van der Waals surface area contributed by atoms with Gasteiger partial charge in [-0.25, -0.2) is 4.18 Å². The molecule has 0 heterocycles. The van der Waals surface area contributed by atoms with Crippen LogP contribution in [0, 0.1) is 46.3 Å². The minimum absolute atomic E-state index is 0.0267. The number of fused-ring (bicyclic) bond motifs is 5. The molecule has 0 aliphatic heterocycles. The highest BCUT2D eigenvalue weighted by atomic mass is 32.3. The predicted octanol–water partition coefficient (Wildman–Crippen LogP) is 3.32. The van der Waals surface area contributed by atoms with Crippen LogP contribution < -0.4 is 0 Å². The van der Waals surface area contributed by atoms with Gasteiger partial charge in [-0.2, -0.15) is 8.42 Å². The summed E-state index contributed by atoms with van der Waals surface area (Å²) in [5.74, 6) is -0.203. The van der Waals surface area contributed by atoms with Crippen molar-refractivity contribution >= 4 is 10.4 Å². The monoisotopic (exact) mass is 532 g/mol. The largest absolute Gasteiger partial charge is 0.397 e. The molecule has 0 aromatic heterocycles. The molecule has 4 fully saturated rings. The summed E-state index contributed by atoms with van der Waals surface area (Å²) < 4.78 is 36.7. The molecule has 4 unspecified atom stereocenters. The summed E-state index contributed by atoms with van der Waals surface area (Å²) in [6, 6.07) is 0. The molecule has 0 saturated heterocycles. The van der Waals surface area contributed by atoms with Gasteiger partial charge in [0.05, 0.1) is 30.0 Å². The fourth-order valence-electron chi connectivity index (χ4n) is 9.68. The van der Waals surface area contributed by atoms with Crippen LogP contribution in [0.3, 0.4) is 0 Å². The summed E-state index contributed by atoms with van der Waals surface area (Å²) in [6.07, 6.45) is 3.28. The van der Waals surface area contributed by atoms with E-state index in [1.54, 1.807) is 0 Å². The molecule has 0 aromatic carbocycles. The fraction of sp³-hybridized carbons (Fsp3) is 1.00. The lowest BCUT2D eigenvalue weighted by Gasteiger charge is -2.66. The van der Waals surface area contributed by atoms with Crippen LogP contribution in [0.1, 0.15) is 92.4 Å². The smallest absolute Gasteiger partial charge is 0.393 e. The van der Waals surface area contributed by atoms with Crippen LogP contribution in [0.4, 0.5) is 0 Å². The van der Waals surface area contributed by atoms with Gasteiger partial charge in [0.15, 0.2) is 0 Å². The lowest BCUT2D eigenvalue weighted by molar-refractivity contribution is -0.263. The third kappa shape index (κ3) is 4.80. The zero-order chi connectivity index (χ0) is 26.8. The summed E-state index contributed by atoms with van der Waals surface area (Å²) in [6.45, 7) is 10.2. The molecule has 4 saturated carbocycles. The maximum Gasteiger partial charge on any atom is 0.397 e. The van der Waals surface area contributed by atoms with Crippen molar-refractivity contribution in [2.75, 3.05) is 0 Å². The molecular weight excluding hydrogens is 484 g/mol. The molecule has 0 bridgehead atoms. The first kappa shape index (κ1) is 28.7. The molecule has 0 aromatic rings. The van der Waals surface area contributed by atoms with E-state index in [9.17, 15) is 33.4 Å². The van der Waals surface area contributed by atoms with Crippen LogP contribution in [-0.2, 0) is 14.6 Å². The predicted molar refractivity (Wildman–Crippen MR) is 135 cm³/mol. The molecular formula is C27H48O8S. The van der Waals surface area contributed by atoms with Crippen LogP contribution in [-0.4, -0.2) is 63.4 Å². The Morgan fingerprint density at radius 1 is 0.944 bits per heavy atom. The van der Waals surface area contributed by atoms with Crippen LogP contribution >= 0.6 is 0 Å². The van der Waals surface area contributed by atoms with Crippen molar-refractivity contribution in [3.8, 4) is 0 Å². The average molecular weight is 533 g/mol. The van der Waals surface area contributed by atoms with E-state index in [1.807, 2.05) is 13.8 Å². The molecule has 4 rings (SSSR count). The van der Waals surface area contributed by atoms with E-state index in [2.05, 4.69) is 20.8 Å². The first-order valence-corrected chi connectivity index (χ1v) is 15.3. The van der Waals surface area contributed by atoms with E-state index < -0.39 is 40.4 Å². The molecule has 4 aliphatic rings. The van der Waals surface area contributed by atoms with E-state index in [4.69, 9.17) is 4.18 Å². The minimum atomic E-state index is -4.53. The minimum Gasteiger partial charge on any atom is -0.393 e. The van der Waals surface area contributed by atoms with Gasteiger partial charge in [-0.1, -0.05) is 34.6 Å². The molecule has 0 spiro atoms. The second-order valence-corrected chi connectivity index (χ2v) is 14.7. The van der Waals surface area contributed by atoms with E-state index in [-0.39, 0.29) is 52.8 Å². The highest BCUT2D eigenvalue weighted by molar-refractivity contribution is 7.80. The third-order valence-electron chi connectivity index (χ3n) is 11.3. The van der Waals surface area contributed by atoms with Crippen molar-refractivity contribution in [1.29, 1.82) is 0 Å². The molecule has 36 heavy (non-hydrogen) atoms. The van der Waals surface area contributed by atoms with Crippen LogP contribution in [0.2, 0.25) is 0 Å². The van der Waals surface area contributed by atoms with Gasteiger partial charge in [0.2, 0.25) is 0 Å². The molecule has 210 valence electrons. The fourth-order valence-corrected chi connectivity index (χ4v) is 10.3. The highest BCUT2D eigenvalue weighted by Crippen LogP contribution is 2.69. The zero-order valence-electron chi connectivity index (χ0n) is 22.5. The van der Waals surface area contributed by atoms with E-state index in [0.717, 1.165) is 19.3 Å². The number of aliphatic hydroxyl groups is 4. The topological polar surface area (TPSA) is 145 Å². The molecule has 5 N–H and O–H groups in total. The van der Waals surface area contributed by atoms with Crippen molar-refractivity contribution in [2.24, 2.45) is 46.3 Å². The van der Waals surface area contributed by atoms with Crippen molar-refractivity contribution in [1.82, 2.24) is 0 Å². The van der Waals surface area contributed by atoms with Crippen molar-refractivity contribution in [3.05, 3.63) is 0 Å². The number of aliphatic hydroxyl groups excluding tert-OH is 3. The Morgan fingerprint density at radius 2 is 1.58 bits per heavy atom. The number of hydrogen-bond donors (Lipinski definition) is 5. The van der Waals surface area contributed by atoms with Crippen LogP contribution in [0.5, 0.6) is 0 Å². The van der Waals surface area contributed by atoms with Crippen LogP contribution in [0.25, 0.3) is 0 Å². The van der Waals surface area contributed by atoms with Crippen molar-refractivity contribution in [3.63, 3.8) is 0 Å². The first-order chi connectivity index (χ1) is 16.5. The van der Waals surface area contributed by atoms with Gasteiger partial charge in [0.1, 0.15) is 0 Å². The standard InChI is InChI=1S/C27H48O8S/c1-15(2)22(35-36(32,33)34)7-6-16(3)18-13-20(29)24-26(18,5)11-9-23-25(4)10-8-17(28)12-19(25)21(30)14-27(23,24)31/h15-24,28-31H,6-14H2,1-5H3,(H,32,33,34)/t16-,17+,18-,19?,20?,21+,22+,23?,24?,25+,26-,27+/m1/s1. The van der Waals surface area contributed by atoms with E-state index in [1.165, 1.54) is 0 Å². The van der Waals surface area contributed by atoms with Gasteiger partial charge >= 0.3 is 10.4 Å². The molecule has 9 heteroatoms. The number of rotatable bonds is 7. The van der Waals surface area contributed by atoms with Gasteiger partial charge < -0.3 is 20.4 Å². The maximum atomic E-state index is 12.4. The Bertz CT molecular complexity index is 909. The lowest BCUT2D eigenvalue weighted by atomic mass is 9.42. The molecule has 0 amide bonds. The van der Waals surface area contributed by atoms with Crippen LogP contribution in [0.15, 0.2) is 0 Å². The second kappa shape index (κ2) is 9.72. The van der Waals surface area contributed by atoms with Gasteiger partial charge in [0.25, 0.3) is 0 Å². The van der Waals surface area contributed by atoms with Crippen molar-refractivity contribution < 1.29 is 37.6 Å². The van der Waals surface area contributed by atoms with Gasteiger partial charge in [0, 0.05) is 12.3 Å². The molecule has 0 radical (unpaired) electrons. The molecule has 12 atom stereocenters. The zero-order valence-corrected chi connectivity index (χ0v) is 23.3. The summed E-state index contributed by atoms with van der Waals surface area (Å²) in [5.41, 5.74) is -1.74. The maximum absolute atomic E-state index is 12.4. The van der Waals surface area contributed by atoms with Crippen molar-refractivity contribution in [2.45, 2.75) is 122 Å². The molecule has 8 nitrogen and oxygen atoms in total. The average Bonchev–Trinajstić information content (AvgIpc) is 3.02. The summed E-state index contributed by atoms with van der Waals surface area (Å²) in [5, 5.41) is 45.3.